The molecule has 0 radical (unpaired) electrons. The first-order valence-electron chi connectivity index (χ1n) is 4.58. The topological polar surface area (TPSA) is 42.0 Å². The molecular formula is C11H14N2O. The van der Waals surface area contributed by atoms with Crippen LogP contribution in [0.25, 0.3) is 6.08 Å². The molecule has 0 atom stereocenters. The fourth-order valence-electron chi connectivity index (χ4n) is 0.968. The summed E-state index contributed by atoms with van der Waals surface area (Å²) in [7, 11) is 0. The van der Waals surface area contributed by atoms with Crippen LogP contribution in [0.3, 0.4) is 0 Å². The fraction of sp³-hybridized carbons (Fsp3) is 0.273. The molecule has 3 heteroatoms. The molecule has 1 amide bonds. The Morgan fingerprint density at radius 1 is 1.50 bits per heavy atom. The van der Waals surface area contributed by atoms with Crippen LogP contribution in [-0.2, 0) is 4.79 Å². The second-order valence-electron chi connectivity index (χ2n) is 3.25. The summed E-state index contributed by atoms with van der Waals surface area (Å²) in [5, 5.41) is 2.76. The molecular weight excluding hydrogens is 176 g/mol. The van der Waals surface area contributed by atoms with Crippen molar-refractivity contribution in [3.63, 3.8) is 0 Å². The van der Waals surface area contributed by atoms with Gasteiger partial charge in [0.15, 0.2) is 0 Å². The van der Waals surface area contributed by atoms with E-state index in [4.69, 9.17) is 0 Å². The van der Waals surface area contributed by atoms with Crippen LogP contribution in [0, 0.1) is 0 Å². The Bertz CT molecular complexity index is 317. The van der Waals surface area contributed by atoms with E-state index in [1.807, 2.05) is 32.0 Å². The molecule has 0 aromatic carbocycles. The Kier molecular flexibility index (Phi) is 3.85. The van der Waals surface area contributed by atoms with Gasteiger partial charge in [0.05, 0.1) is 5.69 Å². The van der Waals surface area contributed by atoms with Gasteiger partial charge in [0.2, 0.25) is 5.91 Å². The number of aromatic nitrogens is 1. The number of hydrogen-bond donors (Lipinski definition) is 1. The van der Waals surface area contributed by atoms with Crippen LogP contribution in [0.1, 0.15) is 19.5 Å². The summed E-state index contributed by atoms with van der Waals surface area (Å²) >= 11 is 0. The molecule has 0 aliphatic heterocycles. The molecule has 0 saturated carbocycles. The molecule has 14 heavy (non-hydrogen) atoms. The standard InChI is InChI=1S/C11H14N2O/c1-9(2)13-11(14)7-6-10-5-3-4-8-12-10/h3-9H,1-2H3,(H,13,14)/b7-6+. The van der Waals surface area contributed by atoms with Crippen molar-refractivity contribution in [3.8, 4) is 0 Å². The van der Waals surface area contributed by atoms with Crippen LogP contribution in [0.15, 0.2) is 30.5 Å². The van der Waals surface area contributed by atoms with Crippen molar-refractivity contribution in [1.29, 1.82) is 0 Å². The van der Waals surface area contributed by atoms with E-state index in [-0.39, 0.29) is 11.9 Å². The van der Waals surface area contributed by atoms with Crippen molar-refractivity contribution in [2.45, 2.75) is 19.9 Å². The Labute approximate surface area is 83.9 Å². The molecule has 74 valence electrons. The number of nitrogens with one attached hydrogen (secondary N) is 1. The van der Waals surface area contributed by atoms with E-state index in [1.165, 1.54) is 6.08 Å². The van der Waals surface area contributed by atoms with Crippen molar-refractivity contribution in [1.82, 2.24) is 10.3 Å². The van der Waals surface area contributed by atoms with Gasteiger partial charge >= 0.3 is 0 Å². The molecule has 0 aliphatic rings. The molecule has 0 bridgehead atoms. The third-order valence-electron chi connectivity index (χ3n) is 1.52. The van der Waals surface area contributed by atoms with E-state index in [1.54, 1.807) is 12.3 Å². The molecule has 3 nitrogen and oxygen atoms in total. The summed E-state index contributed by atoms with van der Waals surface area (Å²) in [4.78, 5) is 15.3. The van der Waals surface area contributed by atoms with Crippen LogP contribution < -0.4 is 5.32 Å². The first kappa shape index (κ1) is 10.4. The number of carbonyl (C=O) groups is 1. The van der Waals surface area contributed by atoms with Gasteiger partial charge in [0.25, 0.3) is 0 Å². The van der Waals surface area contributed by atoms with Crippen molar-refractivity contribution < 1.29 is 4.79 Å². The summed E-state index contributed by atoms with van der Waals surface area (Å²) in [6.07, 6.45) is 4.88. The normalized spacial score (nSPS) is 10.8. The van der Waals surface area contributed by atoms with Crippen LogP contribution in [-0.4, -0.2) is 16.9 Å². The maximum Gasteiger partial charge on any atom is 0.244 e. The average molecular weight is 190 g/mol. The Hall–Kier alpha value is -1.64. The minimum absolute atomic E-state index is 0.0920. The highest BCUT2D eigenvalue weighted by Gasteiger charge is 1.96. The number of carbonyl (C=O) groups excluding carboxylic acids is 1. The third-order valence-corrected chi connectivity index (χ3v) is 1.52. The largest absolute Gasteiger partial charge is 0.350 e. The lowest BCUT2D eigenvalue weighted by Crippen LogP contribution is -2.28. The maximum atomic E-state index is 11.2. The third kappa shape index (κ3) is 3.85. The van der Waals surface area contributed by atoms with Crippen LogP contribution >= 0.6 is 0 Å². The predicted molar refractivity (Wildman–Crippen MR) is 56.5 cm³/mol. The molecule has 0 unspecified atom stereocenters. The van der Waals surface area contributed by atoms with Crippen LogP contribution in [0.4, 0.5) is 0 Å². The van der Waals surface area contributed by atoms with Crippen molar-refractivity contribution in [2.24, 2.45) is 0 Å². The second kappa shape index (κ2) is 5.17. The number of pyridine rings is 1. The van der Waals surface area contributed by atoms with Gasteiger partial charge in [0.1, 0.15) is 0 Å². The first-order valence-corrected chi connectivity index (χ1v) is 4.58. The molecule has 0 saturated heterocycles. The van der Waals surface area contributed by atoms with E-state index < -0.39 is 0 Å². The van der Waals surface area contributed by atoms with Crippen molar-refractivity contribution >= 4 is 12.0 Å². The van der Waals surface area contributed by atoms with Crippen molar-refractivity contribution in [3.05, 3.63) is 36.2 Å². The summed E-state index contributed by atoms with van der Waals surface area (Å²) in [5.41, 5.74) is 0.784. The summed E-state index contributed by atoms with van der Waals surface area (Å²) in [6, 6.07) is 5.73. The van der Waals surface area contributed by atoms with Crippen LogP contribution in [0.2, 0.25) is 0 Å². The number of rotatable bonds is 3. The molecule has 0 spiro atoms. The molecule has 1 N–H and O–H groups in total. The fourth-order valence-corrected chi connectivity index (χ4v) is 0.968. The molecule has 0 fully saturated rings. The van der Waals surface area contributed by atoms with Gasteiger partial charge in [-0.05, 0) is 32.1 Å². The van der Waals surface area contributed by atoms with E-state index in [0.717, 1.165) is 5.69 Å². The maximum absolute atomic E-state index is 11.2. The van der Waals surface area contributed by atoms with E-state index in [9.17, 15) is 4.79 Å². The van der Waals surface area contributed by atoms with Gasteiger partial charge in [-0.25, -0.2) is 0 Å². The Balaban J connectivity index is 2.52. The second-order valence-corrected chi connectivity index (χ2v) is 3.25. The van der Waals surface area contributed by atoms with Gasteiger partial charge in [-0.2, -0.15) is 0 Å². The number of nitrogens with zero attached hydrogens (tertiary/aromatic N) is 1. The van der Waals surface area contributed by atoms with Gasteiger partial charge < -0.3 is 5.32 Å². The molecule has 1 aromatic rings. The van der Waals surface area contributed by atoms with Crippen molar-refractivity contribution in [2.75, 3.05) is 0 Å². The molecule has 0 aliphatic carbocycles. The number of hydrogen-bond acceptors (Lipinski definition) is 2. The van der Waals surface area contributed by atoms with E-state index in [0.29, 0.717) is 0 Å². The summed E-state index contributed by atoms with van der Waals surface area (Å²) in [6.45, 7) is 3.85. The number of amides is 1. The average Bonchev–Trinajstić information content (AvgIpc) is 2.15. The smallest absolute Gasteiger partial charge is 0.244 e. The van der Waals surface area contributed by atoms with Gasteiger partial charge in [-0.15, -0.1) is 0 Å². The van der Waals surface area contributed by atoms with E-state index in [2.05, 4.69) is 10.3 Å². The highest BCUT2D eigenvalue weighted by atomic mass is 16.1. The summed E-state index contributed by atoms with van der Waals surface area (Å²) < 4.78 is 0. The zero-order chi connectivity index (χ0) is 10.4. The summed E-state index contributed by atoms with van der Waals surface area (Å²) in [5.74, 6) is -0.0920. The van der Waals surface area contributed by atoms with Gasteiger partial charge in [0, 0.05) is 18.3 Å². The first-order chi connectivity index (χ1) is 6.68. The monoisotopic (exact) mass is 190 g/mol. The van der Waals surface area contributed by atoms with Gasteiger partial charge in [-0.3, -0.25) is 9.78 Å². The minimum atomic E-state index is -0.0920. The predicted octanol–water partition coefficient (Wildman–Crippen LogP) is 1.62. The SMILES string of the molecule is CC(C)NC(=O)/C=C/c1ccccn1. The lowest BCUT2D eigenvalue weighted by molar-refractivity contribution is -0.116. The molecule has 1 aromatic heterocycles. The minimum Gasteiger partial charge on any atom is -0.350 e. The molecule has 1 rings (SSSR count). The van der Waals surface area contributed by atoms with Crippen LogP contribution in [0.5, 0.6) is 0 Å². The van der Waals surface area contributed by atoms with E-state index >= 15 is 0 Å². The highest BCUT2D eigenvalue weighted by molar-refractivity contribution is 5.91. The Morgan fingerprint density at radius 2 is 2.29 bits per heavy atom. The lowest BCUT2D eigenvalue weighted by Gasteiger charge is -2.03. The zero-order valence-corrected chi connectivity index (χ0v) is 8.40. The lowest BCUT2D eigenvalue weighted by atomic mass is 10.3. The quantitative estimate of drug-likeness (QED) is 0.736. The zero-order valence-electron chi connectivity index (χ0n) is 8.40. The highest BCUT2D eigenvalue weighted by Crippen LogP contribution is 1.95. The Morgan fingerprint density at radius 3 is 2.86 bits per heavy atom. The van der Waals surface area contributed by atoms with Gasteiger partial charge in [-0.1, -0.05) is 6.07 Å². The molecule has 1 heterocycles.